The van der Waals surface area contributed by atoms with Gasteiger partial charge in [0.25, 0.3) is 0 Å². The number of hydrogen-bond donors (Lipinski definition) is 0. The Morgan fingerprint density at radius 3 is 1.71 bits per heavy atom. The molecule has 5 aliphatic heterocycles. The first-order valence-electron chi connectivity index (χ1n) is 21.6. The average Bonchev–Trinajstić information content (AvgIpc) is 4.07. The summed E-state index contributed by atoms with van der Waals surface area (Å²) >= 11 is 0. The van der Waals surface area contributed by atoms with Crippen LogP contribution in [0.25, 0.3) is 0 Å². The largest absolute Gasteiger partial charge is 0.469 e. The van der Waals surface area contributed by atoms with Crippen molar-refractivity contribution in [2.24, 2.45) is 45.8 Å². The van der Waals surface area contributed by atoms with E-state index in [1.807, 2.05) is 48.5 Å². The van der Waals surface area contributed by atoms with Gasteiger partial charge in [-0.05, 0) is 125 Å². The normalized spacial score (nSPS) is 33.8. The van der Waals surface area contributed by atoms with Gasteiger partial charge >= 0.3 is 35.8 Å². The maximum atomic E-state index is 12.2. The number of carbonyl (C=O) groups excluding carboxylic acids is 6. The molecule has 8 fully saturated rings. The molecule has 62 heavy (non-hydrogen) atoms. The van der Waals surface area contributed by atoms with Crippen LogP contribution in [0, 0.1) is 45.8 Å². The SMILES string of the molecule is C.C.C.CCC(C)(C)C(=O)OC.CCC(C)(C)C(=O)OC1C(=O)OC2C3OC(C)(C)OC3OC12.CCC(C)(C)C(=O)OC1C(=O)OC2CCCC21.O=C1OCC2C3CCC(C3)C12. The summed E-state index contributed by atoms with van der Waals surface area (Å²) in [5, 5.41) is 0. The van der Waals surface area contributed by atoms with Crippen LogP contribution in [0.3, 0.4) is 0 Å². The minimum Gasteiger partial charge on any atom is -0.469 e. The van der Waals surface area contributed by atoms with Gasteiger partial charge in [-0.15, -0.1) is 0 Å². The van der Waals surface area contributed by atoms with Crippen LogP contribution in [-0.2, 0) is 71.4 Å². The highest BCUT2D eigenvalue weighted by Gasteiger charge is 2.64. The fraction of sp³-hybridized carbons (Fsp3) is 0.872. The molecule has 15 nitrogen and oxygen atoms in total. The molecule has 12 unspecified atom stereocenters. The van der Waals surface area contributed by atoms with Crippen LogP contribution < -0.4 is 0 Å². The van der Waals surface area contributed by atoms with Crippen molar-refractivity contribution in [1.29, 1.82) is 0 Å². The number of rotatable bonds is 8. The van der Waals surface area contributed by atoms with E-state index in [2.05, 4.69) is 4.74 Å². The number of ether oxygens (including phenoxy) is 9. The van der Waals surface area contributed by atoms with Gasteiger partial charge in [0.05, 0.1) is 35.9 Å². The van der Waals surface area contributed by atoms with Gasteiger partial charge in [-0.2, -0.15) is 0 Å². The van der Waals surface area contributed by atoms with Crippen molar-refractivity contribution in [2.75, 3.05) is 13.7 Å². The van der Waals surface area contributed by atoms with Gasteiger partial charge in [0, 0.05) is 11.8 Å². The summed E-state index contributed by atoms with van der Waals surface area (Å²) in [6.07, 6.45) is 4.78. The van der Waals surface area contributed by atoms with Crippen LogP contribution in [0.15, 0.2) is 0 Å². The Bertz CT molecular complexity index is 1580. The minimum absolute atomic E-state index is 0. The third kappa shape index (κ3) is 11.5. The van der Waals surface area contributed by atoms with Gasteiger partial charge in [-0.3, -0.25) is 19.2 Å². The lowest BCUT2D eigenvalue weighted by Crippen LogP contribution is -2.40. The second-order valence-electron chi connectivity index (χ2n) is 19.5. The third-order valence-electron chi connectivity index (χ3n) is 13.9. The van der Waals surface area contributed by atoms with Crippen molar-refractivity contribution < 1.29 is 71.4 Å². The molecule has 0 aromatic heterocycles. The molecule has 5 saturated heterocycles. The van der Waals surface area contributed by atoms with Gasteiger partial charge in [-0.1, -0.05) is 43.1 Å². The Labute approximate surface area is 371 Å². The molecule has 0 amide bonds. The lowest BCUT2D eigenvalue weighted by Gasteiger charge is -2.24. The van der Waals surface area contributed by atoms with Gasteiger partial charge in [0.15, 0.2) is 24.3 Å². The number of fused-ring (bicyclic) bond motifs is 9. The second-order valence-corrected chi connectivity index (χ2v) is 19.5. The van der Waals surface area contributed by atoms with E-state index in [0.717, 1.165) is 38.2 Å². The van der Waals surface area contributed by atoms with E-state index in [4.69, 9.17) is 37.9 Å². The smallest absolute Gasteiger partial charge is 0.350 e. The molecule has 5 heterocycles. The van der Waals surface area contributed by atoms with Crippen molar-refractivity contribution in [1.82, 2.24) is 0 Å². The molecule has 12 atom stereocenters. The van der Waals surface area contributed by atoms with Crippen LogP contribution in [0.4, 0.5) is 0 Å². The van der Waals surface area contributed by atoms with Crippen LogP contribution in [-0.4, -0.2) is 98.2 Å². The summed E-state index contributed by atoms with van der Waals surface area (Å²) in [5.74, 6) is 0.0146. The number of cyclic esters (lactones) is 1. The molecule has 8 rings (SSSR count). The van der Waals surface area contributed by atoms with Crippen LogP contribution in [0.2, 0.25) is 0 Å². The standard InChI is InChI=1S/C15H22O7.C13H20O4.C9H12O2.C7H14O2.3CH4/c1-6-14(2,3)13(17)20-9-7-8(18-11(9)16)10-12(19-7)22-15(4,5)21-10;1-4-13(2,3)12(15)17-10-8-6-5-7-9(8)16-11(10)14;10-9-8-6-2-1-5(3-6)7(8)4-11-9;1-5-7(2,3)6(8)9-4;;;/h7-10,12H,6H2,1-5H3;8-10H,4-7H2,1-3H3;5-8H,1-4H2;5H2,1-4H3;3*1H4. The summed E-state index contributed by atoms with van der Waals surface area (Å²) in [6.45, 7) is 21.0. The Balaban J connectivity index is 0.000000295. The van der Waals surface area contributed by atoms with Crippen molar-refractivity contribution in [3.63, 3.8) is 0 Å². The van der Waals surface area contributed by atoms with E-state index >= 15 is 0 Å². The predicted octanol–water partition coefficient (Wildman–Crippen LogP) is 7.91. The van der Waals surface area contributed by atoms with Crippen molar-refractivity contribution in [3.05, 3.63) is 0 Å². The van der Waals surface area contributed by atoms with Gasteiger partial charge < -0.3 is 42.6 Å². The maximum absolute atomic E-state index is 12.2. The van der Waals surface area contributed by atoms with E-state index in [9.17, 15) is 28.8 Å². The van der Waals surface area contributed by atoms with Crippen LogP contribution in [0.1, 0.15) is 156 Å². The zero-order valence-corrected chi connectivity index (χ0v) is 37.1. The number of esters is 6. The number of methoxy groups -OCH3 is 1. The lowest BCUT2D eigenvalue weighted by molar-refractivity contribution is -0.217. The molecule has 0 aromatic carbocycles. The highest BCUT2D eigenvalue weighted by atomic mass is 16.9. The highest BCUT2D eigenvalue weighted by molar-refractivity contribution is 5.84. The fourth-order valence-electron chi connectivity index (χ4n) is 8.86. The Hall–Kier alpha value is -3.30. The molecule has 15 heteroatoms. The van der Waals surface area contributed by atoms with Crippen molar-refractivity contribution in [2.45, 2.75) is 205 Å². The zero-order chi connectivity index (χ0) is 43.8. The molecular formula is C47H80O15. The van der Waals surface area contributed by atoms with Crippen LogP contribution >= 0.6 is 0 Å². The van der Waals surface area contributed by atoms with Gasteiger partial charge in [0.2, 0.25) is 12.2 Å². The summed E-state index contributed by atoms with van der Waals surface area (Å²) < 4.78 is 47.9. The molecule has 3 saturated carbocycles. The quantitative estimate of drug-likeness (QED) is 0.169. The Morgan fingerprint density at radius 2 is 1.18 bits per heavy atom. The maximum Gasteiger partial charge on any atom is 0.350 e. The molecule has 358 valence electrons. The third-order valence-corrected chi connectivity index (χ3v) is 13.9. The average molecular weight is 885 g/mol. The lowest BCUT2D eigenvalue weighted by atomic mass is 9.81. The first-order chi connectivity index (χ1) is 27.5. The summed E-state index contributed by atoms with van der Waals surface area (Å²) in [6, 6.07) is 0. The molecule has 0 N–H and O–H groups in total. The monoisotopic (exact) mass is 885 g/mol. The van der Waals surface area contributed by atoms with E-state index < -0.39 is 65.4 Å². The van der Waals surface area contributed by atoms with Gasteiger partial charge in [0.1, 0.15) is 12.2 Å². The van der Waals surface area contributed by atoms with Crippen LogP contribution in [0.5, 0.6) is 0 Å². The first kappa shape index (κ1) is 54.8. The molecule has 8 aliphatic rings. The fourth-order valence-corrected chi connectivity index (χ4v) is 8.86. The molecule has 3 aliphatic carbocycles. The zero-order valence-electron chi connectivity index (χ0n) is 37.1. The predicted molar refractivity (Wildman–Crippen MR) is 229 cm³/mol. The number of carbonyl (C=O) groups is 6. The molecule has 0 aromatic rings. The Kier molecular flexibility index (Phi) is 18.7. The van der Waals surface area contributed by atoms with E-state index in [-0.39, 0.29) is 63.6 Å². The molecule has 0 spiro atoms. The highest BCUT2D eigenvalue weighted by Crippen LogP contribution is 2.55. The molecular weight excluding hydrogens is 805 g/mol. The summed E-state index contributed by atoms with van der Waals surface area (Å²) in [4.78, 5) is 69.9. The van der Waals surface area contributed by atoms with Crippen molar-refractivity contribution >= 4 is 35.8 Å². The topological polar surface area (TPSA) is 185 Å². The first-order valence-corrected chi connectivity index (χ1v) is 21.6. The second kappa shape index (κ2) is 21.1. The number of hydrogen-bond acceptors (Lipinski definition) is 15. The summed E-state index contributed by atoms with van der Waals surface area (Å²) in [5.41, 5.74) is -1.51. The Morgan fingerprint density at radius 1 is 0.645 bits per heavy atom. The van der Waals surface area contributed by atoms with E-state index in [0.29, 0.717) is 30.6 Å². The van der Waals surface area contributed by atoms with Gasteiger partial charge in [-0.25, -0.2) is 9.59 Å². The van der Waals surface area contributed by atoms with Crippen molar-refractivity contribution in [3.8, 4) is 0 Å². The molecule has 0 radical (unpaired) electrons. The minimum atomic E-state index is -1.07. The summed E-state index contributed by atoms with van der Waals surface area (Å²) in [7, 11) is 1.42. The van der Waals surface area contributed by atoms with E-state index in [1.54, 1.807) is 27.7 Å². The molecule has 2 bridgehead atoms. The van der Waals surface area contributed by atoms with E-state index in [1.165, 1.54) is 26.4 Å².